The number of fused-ring (bicyclic) bond motifs is 1. The molecule has 0 radical (unpaired) electrons. The first-order valence-electron chi connectivity index (χ1n) is 6.19. The zero-order valence-electron chi connectivity index (χ0n) is 11.8. The fourth-order valence-corrected chi connectivity index (χ4v) is 4.66. The molecule has 2 atom stereocenters. The Morgan fingerprint density at radius 1 is 1.19 bits per heavy atom. The van der Waals surface area contributed by atoms with Crippen molar-refractivity contribution in [2.24, 2.45) is 0 Å². The molecular formula is C10H18N4O5S2. The Morgan fingerprint density at radius 2 is 1.71 bits per heavy atom. The second-order valence-electron chi connectivity index (χ2n) is 5.00. The number of carbonyl (C=O) groups is 1. The van der Waals surface area contributed by atoms with E-state index in [0.29, 0.717) is 0 Å². The van der Waals surface area contributed by atoms with Crippen LogP contribution in [0.2, 0.25) is 0 Å². The normalized spacial score (nSPS) is 28.3. The van der Waals surface area contributed by atoms with Crippen LogP contribution in [0.3, 0.4) is 0 Å². The summed E-state index contributed by atoms with van der Waals surface area (Å²) < 4.78 is 49.7. The predicted octanol–water partition coefficient (Wildman–Crippen LogP) is -1.61. The van der Waals surface area contributed by atoms with E-state index >= 15 is 0 Å². The highest BCUT2D eigenvalue weighted by Crippen LogP contribution is 2.27. The van der Waals surface area contributed by atoms with E-state index in [-0.39, 0.29) is 19.6 Å². The van der Waals surface area contributed by atoms with Crippen molar-refractivity contribution in [3.63, 3.8) is 0 Å². The van der Waals surface area contributed by atoms with E-state index in [2.05, 4.69) is 11.9 Å². The Bertz CT molecular complexity index is 659. The molecule has 0 aromatic carbocycles. The number of piperazine rings is 1. The van der Waals surface area contributed by atoms with Crippen LogP contribution in [0.25, 0.3) is 0 Å². The molecule has 0 aromatic heterocycles. The van der Waals surface area contributed by atoms with Gasteiger partial charge in [-0.15, -0.1) is 6.58 Å². The molecular weight excluding hydrogens is 320 g/mol. The summed E-state index contributed by atoms with van der Waals surface area (Å²) in [6.07, 6.45) is 1.68. The van der Waals surface area contributed by atoms with Crippen LogP contribution >= 0.6 is 0 Å². The van der Waals surface area contributed by atoms with Gasteiger partial charge in [-0.1, -0.05) is 6.08 Å². The average molecular weight is 338 g/mol. The summed E-state index contributed by atoms with van der Waals surface area (Å²) in [6, 6.07) is -0.519. The highest BCUT2D eigenvalue weighted by molar-refractivity contribution is 7.88. The molecule has 0 saturated carbocycles. The molecule has 2 amide bonds. The molecule has 0 aromatic rings. The predicted molar refractivity (Wildman–Crippen MR) is 76.1 cm³/mol. The molecule has 11 heteroatoms. The topological polar surface area (TPSA) is 107 Å². The fraction of sp³-hybridized carbons (Fsp3) is 0.700. The second-order valence-corrected chi connectivity index (χ2v) is 8.87. The molecule has 2 aliphatic heterocycles. The van der Waals surface area contributed by atoms with E-state index in [1.807, 2.05) is 0 Å². The summed E-state index contributed by atoms with van der Waals surface area (Å²) in [5, 5.41) is 2.53. The summed E-state index contributed by atoms with van der Waals surface area (Å²) in [5.74, 6) is 0. The first-order valence-corrected chi connectivity index (χ1v) is 9.88. The zero-order chi connectivity index (χ0) is 16.0. The number of hydrogen-bond donors (Lipinski definition) is 1. The third kappa shape index (κ3) is 2.91. The van der Waals surface area contributed by atoms with Crippen LogP contribution in [0.4, 0.5) is 4.79 Å². The lowest BCUT2D eigenvalue weighted by Crippen LogP contribution is -2.65. The number of nitrogens with zero attached hydrogens (tertiary/aromatic N) is 3. The third-order valence-electron chi connectivity index (χ3n) is 3.46. The lowest BCUT2D eigenvalue weighted by atomic mass is 10.3. The Morgan fingerprint density at radius 3 is 2.19 bits per heavy atom. The number of carbonyl (C=O) groups excluding carboxylic acids is 1. The summed E-state index contributed by atoms with van der Waals surface area (Å²) in [7, 11) is -7.15. The largest absolute Gasteiger partial charge is 0.320 e. The smallest absolute Gasteiger partial charge is 0.318 e. The summed E-state index contributed by atoms with van der Waals surface area (Å²) in [6.45, 7) is 3.64. The fourth-order valence-electron chi connectivity index (χ4n) is 2.64. The third-order valence-corrected chi connectivity index (χ3v) is 5.97. The van der Waals surface area contributed by atoms with Crippen molar-refractivity contribution in [2.75, 3.05) is 32.1 Å². The Kier molecular flexibility index (Phi) is 4.04. The number of hydrogen-bond acceptors (Lipinski definition) is 5. The van der Waals surface area contributed by atoms with Gasteiger partial charge in [0.15, 0.2) is 0 Å². The summed E-state index contributed by atoms with van der Waals surface area (Å²) >= 11 is 0. The minimum Gasteiger partial charge on any atom is -0.318 e. The van der Waals surface area contributed by atoms with Crippen molar-refractivity contribution < 1.29 is 21.6 Å². The first-order chi connectivity index (χ1) is 9.57. The van der Waals surface area contributed by atoms with Crippen molar-refractivity contribution in [3.05, 3.63) is 12.7 Å². The number of sulfonamides is 2. The Balaban J connectivity index is 2.47. The maximum absolute atomic E-state index is 12.0. The van der Waals surface area contributed by atoms with E-state index in [0.717, 1.165) is 21.1 Å². The maximum Gasteiger partial charge on any atom is 0.320 e. The highest BCUT2D eigenvalue weighted by atomic mass is 32.2. The lowest BCUT2D eigenvalue weighted by molar-refractivity contribution is 0.0735. The van der Waals surface area contributed by atoms with Crippen LogP contribution < -0.4 is 5.32 Å². The number of urea groups is 1. The first kappa shape index (κ1) is 16.2. The van der Waals surface area contributed by atoms with E-state index in [4.69, 9.17) is 0 Å². The molecule has 21 heavy (non-hydrogen) atoms. The van der Waals surface area contributed by atoms with Gasteiger partial charge < -0.3 is 10.2 Å². The minimum atomic E-state index is -3.58. The van der Waals surface area contributed by atoms with Gasteiger partial charge in [0.1, 0.15) is 12.3 Å². The van der Waals surface area contributed by atoms with E-state index in [1.54, 1.807) is 0 Å². The van der Waals surface area contributed by atoms with E-state index in [1.165, 1.54) is 11.0 Å². The molecule has 9 nitrogen and oxygen atoms in total. The average Bonchev–Trinajstić information content (AvgIpc) is 2.63. The second kappa shape index (κ2) is 5.23. The van der Waals surface area contributed by atoms with Crippen molar-refractivity contribution >= 4 is 26.1 Å². The number of nitrogens with one attached hydrogen (secondary N) is 1. The van der Waals surface area contributed by atoms with E-state index < -0.39 is 38.4 Å². The van der Waals surface area contributed by atoms with Gasteiger partial charge in [-0.3, -0.25) is 0 Å². The van der Waals surface area contributed by atoms with Gasteiger partial charge >= 0.3 is 6.03 Å². The zero-order valence-corrected chi connectivity index (χ0v) is 13.4. The maximum atomic E-state index is 12.0. The molecule has 2 heterocycles. The van der Waals surface area contributed by atoms with Gasteiger partial charge in [-0.2, -0.15) is 8.61 Å². The van der Waals surface area contributed by atoms with Crippen LogP contribution in [0.15, 0.2) is 12.7 Å². The van der Waals surface area contributed by atoms with Crippen molar-refractivity contribution in [1.82, 2.24) is 18.8 Å². The SMILES string of the molecule is C=CCN1C(=O)N[C@@H]2[C@H]1N(S(C)(=O)=O)CCN2S(C)(=O)=O. The summed E-state index contributed by atoms with van der Waals surface area (Å²) in [5.41, 5.74) is 0. The molecule has 0 spiro atoms. The highest BCUT2D eigenvalue weighted by Gasteiger charge is 2.52. The summed E-state index contributed by atoms with van der Waals surface area (Å²) in [4.78, 5) is 13.3. The molecule has 1 N–H and O–H groups in total. The van der Waals surface area contributed by atoms with Crippen LogP contribution in [-0.4, -0.2) is 80.9 Å². The molecule has 0 aliphatic carbocycles. The Hall–Kier alpha value is -1.17. The quantitative estimate of drug-likeness (QED) is 0.621. The monoisotopic (exact) mass is 338 g/mol. The van der Waals surface area contributed by atoms with Crippen LogP contribution in [0.1, 0.15) is 0 Å². The Labute approximate surface area is 124 Å². The van der Waals surface area contributed by atoms with Crippen molar-refractivity contribution in [3.8, 4) is 0 Å². The molecule has 2 aliphatic rings. The number of amides is 2. The van der Waals surface area contributed by atoms with Gasteiger partial charge in [-0.25, -0.2) is 21.6 Å². The minimum absolute atomic E-state index is 0.00429. The van der Waals surface area contributed by atoms with Gasteiger partial charge in [0, 0.05) is 19.6 Å². The molecule has 0 bridgehead atoms. The van der Waals surface area contributed by atoms with Crippen LogP contribution in [0, 0.1) is 0 Å². The van der Waals surface area contributed by atoms with Gasteiger partial charge in [0.25, 0.3) is 0 Å². The lowest BCUT2D eigenvalue weighted by Gasteiger charge is -2.42. The van der Waals surface area contributed by atoms with Gasteiger partial charge in [-0.05, 0) is 0 Å². The molecule has 0 unspecified atom stereocenters. The molecule has 2 fully saturated rings. The van der Waals surface area contributed by atoms with Gasteiger partial charge in [0.05, 0.1) is 12.5 Å². The molecule has 2 rings (SSSR count). The van der Waals surface area contributed by atoms with Crippen LogP contribution in [-0.2, 0) is 20.0 Å². The number of rotatable bonds is 4. The van der Waals surface area contributed by atoms with Crippen molar-refractivity contribution in [2.45, 2.75) is 12.3 Å². The van der Waals surface area contributed by atoms with E-state index in [9.17, 15) is 21.6 Å². The van der Waals surface area contributed by atoms with Crippen molar-refractivity contribution in [1.29, 1.82) is 0 Å². The molecule has 2 saturated heterocycles. The van der Waals surface area contributed by atoms with Gasteiger partial charge in [0.2, 0.25) is 20.0 Å². The standard InChI is InChI=1S/C10H18N4O5S2/c1-4-5-12-9-8(11-10(12)15)13(20(2,16)17)6-7-14(9)21(3,18)19/h4,8-9H,1,5-7H2,2-3H3,(H,11,15)/t8-,9+/m0/s1. The van der Waals surface area contributed by atoms with Crippen LogP contribution in [0.5, 0.6) is 0 Å². The molecule has 120 valence electrons.